The minimum Gasteiger partial charge on any atom is -0.490 e. The topological polar surface area (TPSA) is 63.7 Å². The van der Waals surface area contributed by atoms with Crippen LogP contribution < -0.4 is 4.74 Å². The van der Waals surface area contributed by atoms with Gasteiger partial charge in [0.15, 0.2) is 9.84 Å². The Morgan fingerprint density at radius 2 is 1.68 bits per heavy atom. The third kappa shape index (κ3) is 4.97. The second-order valence-corrected chi connectivity index (χ2v) is 9.44. The monoisotopic (exact) mass is 365 g/mol. The average Bonchev–Trinajstić information content (AvgIpc) is 3.17. The lowest BCUT2D eigenvalue weighted by Crippen LogP contribution is -2.42. The fourth-order valence-electron chi connectivity index (χ4n) is 3.72. The number of benzene rings is 1. The van der Waals surface area contributed by atoms with Gasteiger partial charge in [-0.25, -0.2) is 8.42 Å². The van der Waals surface area contributed by atoms with E-state index in [4.69, 9.17) is 4.74 Å². The van der Waals surface area contributed by atoms with E-state index in [1.165, 1.54) is 0 Å². The molecule has 0 radical (unpaired) electrons. The van der Waals surface area contributed by atoms with Crippen molar-refractivity contribution in [2.75, 3.05) is 18.8 Å². The van der Waals surface area contributed by atoms with Crippen molar-refractivity contribution in [3.05, 3.63) is 30.3 Å². The van der Waals surface area contributed by atoms with Crippen molar-refractivity contribution in [3.8, 4) is 5.75 Å². The first kappa shape index (κ1) is 18.2. The molecule has 0 spiro atoms. The highest BCUT2D eigenvalue weighted by Gasteiger charge is 2.30. The number of rotatable bonds is 6. The van der Waals surface area contributed by atoms with Gasteiger partial charge >= 0.3 is 0 Å². The number of nitrogens with zero attached hydrogens (tertiary/aromatic N) is 1. The van der Waals surface area contributed by atoms with Crippen LogP contribution in [-0.2, 0) is 14.6 Å². The fourth-order valence-corrected chi connectivity index (χ4v) is 5.56. The highest BCUT2D eigenvalue weighted by atomic mass is 32.2. The first-order chi connectivity index (χ1) is 12.0. The maximum Gasteiger partial charge on any atom is 0.223 e. The van der Waals surface area contributed by atoms with Gasteiger partial charge in [-0.1, -0.05) is 31.0 Å². The maximum atomic E-state index is 12.3. The molecule has 2 fully saturated rings. The van der Waals surface area contributed by atoms with Crippen LogP contribution >= 0.6 is 0 Å². The number of hydrogen-bond acceptors (Lipinski definition) is 4. The Kier molecular flexibility index (Phi) is 5.99. The first-order valence-corrected chi connectivity index (χ1v) is 11.0. The van der Waals surface area contributed by atoms with E-state index in [0.29, 0.717) is 13.1 Å². The molecular weight excluding hydrogens is 338 g/mol. The van der Waals surface area contributed by atoms with Crippen LogP contribution in [0, 0.1) is 0 Å². The van der Waals surface area contributed by atoms with Gasteiger partial charge in [0, 0.05) is 32.4 Å². The normalized spacial score (nSPS) is 19.9. The van der Waals surface area contributed by atoms with Crippen LogP contribution in [0.15, 0.2) is 30.3 Å². The van der Waals surface area contributed by atoms with Crippen molar-refractivity contribution < 1.29 is 17.9 Å². The zero-order valence-electron chi connectivity index (χ0n) is 14.6. The number of carbonyl (C=O) groups is 1. The summed E-state index contributed by atoms with van der Waals surface area (Å²) in [6.07, 6.45) is 5.32. The maximum absolute atomic E-state index is 12.3. The summed E-state index contributed by atoms with van der Waals surface area (Å²) in [7, 11) is -3.12. The molecule has 1 aliphatic heterocycles. The van der Waals surface area contributed by atoms with Crippen LogP contribution in [0.1, 0.15) is 44.9 Å². The van der Waals surface area contributed by atoms with Crippen molar-refractivity contribution in [3.63, 3.8) is 0 Å². The number of amides is 1. The smallest absolute Gasteiger partial charge is 0.223 e. The Bertz CT molecular complexity index is 660. The molecule has 5 nitrogen and oxygen atoms in total. The molecule has 1 saturated heterocycles. The Morgan fingerprint density at radius 1 is 1.04 bits per heavy atom. The molecule has 138 valence electrons. The Balaban J connectivity index is 1.42. The summed E-state index contributed by atoms with van der Waals surface area (Å²) in [5.41, 5.74) is 0. The summed E-state index contributed by atoms with van der Waals surface area (Å²) in [4.78, 5) is 14.1. The van der Waals surface area contributed by atoms with Gasteiger partial charge in [0.05, 0.1) is 11.0 Å². The zero-order valence-corrected chi connectivity index (χ0v) is 15.4. The van der Waals surface area contributed by atoms with E-state index in [9.17, 15) is 13.2 Å². The van der Waals surface area contributed by atoms with Crippen LogP contribution in [0.3, 0.4) is 0 Å². The SMILES string of the molecule is O=C(CCS(=O)(=O)C1CCCC1)N1CCC(Oc2ccccc2)CC1. The van der Waals surface area contributed by atoms with E-state index in [2.05, 4.69) is 0 Å². The highest BCUT2D eigenvalue weighted by molar-refractivity contribution is 7.92. The zero-order chi connectivity index (χ0) is 17.7. The molecule has 1 aliphatic carbocycles. The third-order valence-electron chi connectivity index (χ3n) is 5.25. The Morgan fingerprint density at radius 3 is 2.32 bits per heavy atom. The van der Waals surface area contributed by atoms with Crippen LogP contribution in [0.25, 0.3) is 0 Å². The van der Waals surface area contributed by atoms with Gasteiger partial charge in [-0.3, -0.25) is 4.79 Å². The number of carbonyl (C=O) groups excluding carboxylic acids is 1. The summed E-state index contributed by atoms with van der Waals surface area (Å²) in [5, 5.41) is -0.217. The summed E-state index contributed by atoms with van der Waals surface area (Å²) in [6.45, 7) is 1.28. The van der Waals surface area contributed by atoms with Gasteiger partial charge < -0.3 is 9.64 Å². The number of para-hydroxylation sites is 1. The third-order valence-corrected chi connectivity index (χ3v) is 7.51. The minimum absolute atomic E-state index is 0.00303. The second-order valence-electron chi connectivity index (χ2n) is 7.03. The van der Waals surface area contributed by atoms with E-state index >= 15 is 0 Å². The van der Waals surface area contributed by atoms with Crippen molar-refractivity contribution >= 4 is 15.7 Å². The standard InChI is InChI=1S/C19H27NO4S/c21-19(12-15-25(22,23)18-8-4-5-9-18)20-13-10-17(11-14-20)24-16-6-2-1-3-7-16/h1-3,6-7,17-18H,4-5,8-15H2. The molecule has 2 aliphatic rings. The van der Waals surface area contributed by atoms with Gasteiger partial charge in [0.25, 0.3) is 0 Å². The Labute approximate surface area is 150 Å². The highest BCUT2D eigenvalue weighted by Crippen LogP contribution is 2.26. The van der Waals surface area contributed by atoms with Gasteiger partial charge in [-0.15, -0.1) is 0 Å². The van der Waals surface area contributed by atoms with Crippen LogP contribution in [0.4, 0.5) is 0 Å². The number of piperidine rings is 1. The van der Waals surface area contributed by atoms with Crippen LogP contribution in [0.5, 0.6) is 5.75 Å². The lowest BCUT2D eigenvalue weighted by molar-refractivity contribution is -0.132. The fraction of sp³-hybridized carbons (Fsp3) is 0.632. The summed E-state index contributed by atoms with van der Waals surface area (Å²) in [6, 6.07) is 9.71. The quantitative estimate of drug-likeness (QED) is 0.778. The molecule has 0 unspecified atom stereocenters. The minimum atomic E-state index is -3.12. The number of hydrogen-bond donors (Lipinski definition) is 0. The molecule has 3 rings (SSSR count). The van der Waals surface area contributed by atoms with Crippen molar-refractivity contribution in [1.82, 2.24) is 4.90 Å². The first-order valence-electron chi connectivity index (χ1n) is 9.25. The molecule has 6 heteroatoms. The van der Waals surface area contributed by atoms with Gasteiger partial charge in [-0.2, -0.15) is 0 Å². The van der Waals surface area contributed by atoms with Gasteiger partial charge in [-0.05, 0) is 25.0 Å². The summed E-state index contributed by atoms with van der Waals surface area (Å²) >= 11 is 0. The van der Waals surface area contributed by atoms with E-state index < -0.39 is 9.84 Å². The molecule has 1 heterocycles. The molecule has 1 saturated carbocycles. The van der Waals surface area contributed by atoms with Gasteiger partial charge in [0.1, 0.15) is 11.9 Å². The molecule has 0 aromatic heterocycles. The van der Waals surface area contributed by atoms with Crippen molar-refractivity contribution in [2.45, 2.75) is 56.3 Å². The van der Waals surface area contributed by atoms with Crippen molar-refractivity contribution in [2.24, 2.45) is 0 Å². The van der Waals surface area contributed by atoms with Crippen LogP contribution in [0.2, 0.25) is 0 Å². The van der Waals surface area contributed by atoms with E-state index in [1.54, 1.807) is 4.90 Å². The number of likely N-dealkylation sites (tertiary alicyclic amines) is 1. The molecule has 25 heavy (non-hydrogen) atoms. The molecule has 0 bridgehead atoms. The molecule has 1 aromatic carbocycles. The van der Waals surface area contributed by atoms with Crippen LogP contribution in [-0.4, -0.2) is 49.4 Å². The van der Waals surface area contributed by atoms with E-state index in [0.717, 1.165) is 44.3 Å². The Hall–Kier alpha value is -1.56. The lowest BCUT2D eigenvalue weighted by atomic mass is 10.1. The lowest BCUT2D eigenvalue weighted by Gasteiger charge is -2.32. The number of ether oxygens (including phenoxy) is 1. The average molecular weight is 365 g/mol. The number of sulfone groups is 1. The van der Waals surface area contributed by atoms with E-state index in [1.807, 2.05) is 30.3 Å². The summed E-state index contributed by atoms with van der Waals surface area (Å²) in [5.74, 6) is 0.811. The predicted octanol–water partition coefficient (Wildman–Crippen LogP) is 2.80. The molecular formula is C19H27NO4S. The van der Waals surface area contributed by atoms with Gasteiger partial charge in [0.2, 0.25) is 5.91 Å². The molecule has 1 aromatic rings. The largest absolute Gasteiger partial charge is 0.490 e. The van der Waals surface area contributed by atoms with Crippen molar-refractivity contribution in [1.29, 1.82) is 0 Å². The van der Waals surface area contributed by atoms with E-state index in [-0.39, 0.29) is 29.4 Å². The molecule has 0 atom stereocenters. The molecule has 1 amide bonds. The summed E-state index contributed by atoms with van der Waals surface area (Å²) < 4.78 is 30.5. The second kappa shape index (κ2) is 8.21. The molecule has 0 N–H and O–H groups in total. The predicted molar refractivity (Wildman–Crippen MR) is 97.3 cm³/mol.